The van der Waals surface area contributed by atoms with Gasteiger partial charge in [0.05, 0.1) is 27.4 Å². The van der Waals surface area contributed by atoms with Crippen LogP contribution in [0.1, 0.15) is 21.0 Å². The van der Waals surface area contributed by atoms with Crippen LogP contribution in [0.5, 0.6) is 0 Å². The number of carbonyl (C=O) groups is 4. The molecule has 0 saturated heterocycles. The molecule has 0 aliphatic carbocycles. The van der Waals surface area contributed by atoms with Crippen molar-refractivity contribution in [2.24, 2.45) is 5.84 Å². The number of esters is 2. The minimum Gasteiger partial charge on any atom is -0.467 e. The zero-order valence-corrected chi connectivity index (χ0v) is 20.3. The average molecular weight is 508 g/mol. The van der Waals surface area contributed by atoms with Gasteiger partial charge in [-0.05, 0) is 24.3 Å². The fourth-order valence-electron chi connectivity index (χ4n) is 2.60. The van der Waals surface area contributed by atoms with Crippen LogP contribution in [0.25, 0.3) is 0 Å². The van der Waals surface area contributed by atoms with Gasteiger partial charge in [0, 0.05) is 26.6 Å². The van der Waals surface area contributed by atoms with E-state index in [1.54, 1.807) is 24.3 Å². The summed E-state index contributed by atoms with van der Waals surface area (Å²) in [7, 11) is 5.11. The van der Waals surface area contributed by atoms with Gasteiger partial charge in [-0.3, -0.25) is 29.8 Å². The van der Waals surface area contributed by atoms with Crippen LogP contribution >= 0.6 is 0 Å². The van der Waals surface area contributed by atoms with Crippen LogP contribution in [-0.2, 0) is 28.5 Å². The molecular formula is C22H29N5O9. The molecule has 3 N–H and O–H groups in total. The Balaban J connectivity index is 0.000000360. The highest BCUT2D eigenvalue weighted by atomic mass is 16.6. The van der Waals surface area contributed by atoms with Crippen LogP contribution in [0.2, 0.25) is 0 Å². The van der Waals surface area contributed by atoms with Crippen LogP contribution in [0.4, 0.5) is 0 Å². The molecule has 2 rings (SSSR count). The molecule has 196 valence electrons. The SMILES string of the molecule is COCC(C(=O)OC)N(N)C(=O)c1ccccn1.COCC(C(=O)OC)N(O)C(=O)c1ccccn1. The van der Waals surface area contributed by atoms with Gasteiger partial charge < -0.3 is 18.9 Å². The molecule has 2 amide bonds. The van der Waals surface area contributed by atoms with E-state index in [-0.39, 0.29) is 29.7 Å². The number of hydrogen-bond donors (Lipinski definition) is 2. The second kappa shape index (κ2) is 15.8. The van der Waals surface area contributed by atoms with Crippen molar-refractivity contribution in [2.45, 2.75) is 12.1 Å². The molecule has 0 aromatic carbocycles. The number of amides is 2. The van der Waals surface area contributed by atoms with Gasteiger partial charge in [-0.15, -0.1) is 0 Å². The first-order chi connectivity index (χ1) is 17.2. The lowest BCUT2D eigenvalue weighted by molar-refractivity contribution is -0.165. The first-order valence-corrected chi connectivity index (χ1v) is 10.3. The third kappa shape index (κ3) is 8.66. The van der Waals surface area contributed by atoms with E-state index >= 15 is 0 Å². The van der Waals surface area contributed by atoms with E-state index in [0.717, 1.165) is 12.1 Å². The van der Waals surface area contributed by atoms with E-state index in [0.29, 0.717) is 0 Å². The molecule has 14 nitrogen and oxygen atoms in total. The van der Waals surface area contributed by atoms with E-state index < -0.39 is 35.8 Å². The molecule has 0 fully saturated rings. The Kier molecular flexibility index (Phi) is 13.2. The molecule has 2 aromatic rings. The summed E-state index contributed by atoms with van der Waals surface area (Å²) in [5.74, 6) is 2.81. The molecule has 0 radical (unpaired) electrons. The first kappa shape index (κ1) is 30.1. The Morgan fingerprint density at radius 2 is 1.25 bits per heavy atom. The highest BCUT2D eigenvalue weighted by Crippen LogP contribution is 2.06. The molecule has 2 heterocycles. The van der Waals surface area contributed by atoms with Crippen molar-refractivity contribution in [3.05, 3.63) is 60.2 Å². The number of hydrazine groups is 1. The smallest absolute Gasteiger partial charge is 0.333 e. The minimum absolute atomic E-state index is 0.0185. The Morgan fingerprint density at radius 3 is 1.67 bits per heavy atom. The maximum Gasteiger partial charge on any atom is 0.333 e. The summed E-state index contributed by atoms with van der Waals surface area (Å²) in [6, 6.07) is 7.24. The quantitative estimate of drug-likeness (QED) is 0.141. The van der Waals surface area contributed by atoms with E-state index in [2.05, 4.69) is 19.4 Å². The van der Waals surface area contributed by atoms with Gasteiger partial charge in [-0.25, -0.2) is 20.5 Å². The van der Waals surface area contributed by atoms with Gasteiger partial charge in [-0.2, -0.15) is 0 Å². The number of hydrogen-bond acceptors (Lipinski definition) is 12. The lowest BCUT2D eigenvalue weighted by Gasteiger charge is -2.24. The predicted octanol–water partition coefficient (Wildman–Crippen LogP) is -0.313. The van der Waals surface area contributed by atoms with Crippen LogP contribution in [0.3, 0.4) is 0 Å². The van der Waals surface area contributed by atoms with Crippen LogP contribution in [0.15, 0.2) is 48.8 Å². The summed E-state index contributed by atoms with van der Waals surface area (Å²) < 4.78 is 18.6. The zero-order valence-electron chi connectivity index (χ0n) is 20.3. The molecular weight excluding hydrogens is 478 g/mol. The number of aromatic nitrogens is 2. The molecule has 0 spiro atoms. The summed E-state index contributed by atoms with van der Waals surface area (Å²) in [6.07, 6.45) is 2.87. The largest absolute Gasteiger partial charge is 0.467 e. The van der Waals surface area contributed by atoms with E-state index in [9.17, 15) is 24.4 Å². The maximum atomic E-state index is 12.0. The lowest BCUT2D eigenvalue weighted by atomic mass is 10.2. The fraction of sp³-hybridized carbons (Fsp3) is 0.364. The number of pyridine rings is 2. The van der Waals surface area contributed by atoms with Gasteiger partial charge >= 0.3 is 11.9 Å². The highest BCUT2D eigenvalue weighted by Gasteiger charge is 2.31. The Bertz CT molecular complexity index is 899. The van der Waals surface area contributed by atoms with Crippen molar-refractivity contribution < 1.29 is 43.3 Å². The molecule has 36 heavy (non-hydrogen) atoms. The Labute approximate surface area is 207 Å². The molecule has 2 atom stereocenters. The van der Waals surface area contributed by atoms with Gasteiger partial charge in [0.25, 0.3) is 11.8 Å². The normalized spacial score (nSPS) is 11.7. The summed E-state index contributed by atoms with van der Waals surface area (Å²) >= 11 is 0. The van der Waals surface area contributed by atoms with E-state index in [1.807, 2.05) is 0 Å². The second-order valence-corrected chi connectivity index (χ2v) is 6.78. The lowest BCUT2D eigenvalue weighted by Crippen LogP contribution is -2.52. The van der Waals surface area contributed by atoms with E-state index in [4.69, 9.17) is 15.3 Å². The van der Waals surface area contributed by atoms with Crippen LogP contribution in [0, 0.1) is 0 Å². The van der Waals surface area contributed by atoms with Gasteiger partial charge in [0.15, 0.2) is 12.1 Å². The Hall–Kier alpha value is -3.98. The van der Waals surface area contributed by atoms with Crippen molar-refractivity contribution in [1.82, 2.24) is 20.0 Å². The maximum absolute atomic E-state index is 12.0. The third-order valence-electron chi connectivity index (χ3n) is 4.44. The number of rotatable bonds is 10. The number of nitrogens with two attached hydrogens (primary N) is 1. The number of carbonyl (C=O) groups excluding carboxylic acids is 4. The molecule has 0 aliphatic rings. The van der Waals surface area contributed by atoms with Gasteiger partial charge in [0.2, 0.25) is 0 Å². The zero-order chi connectivity index (χ0) is 27.1. The van der Waals surface area contributed by atoms with Gasteiger partial charge in [-0.1, -0.05) is 12.1 Å². The van der Waals surface area contributed by atoms with Crippen molar-refractivity contribution >= 4 is 23.8 Å². The van der Waals surface area contributed by atoms with Crippen molar-refractivity contribution in [3.63, 3.8) is 0 Å². The number of nitrogens with zero attached hydrogens (tertiary/aromatic N) is 4. The molecule has 0 aliphatic heterocycles. The summed E-state index contributed by atoms with van der Waals surface area (Å²) in [4.78, 5) is 54.3. The van der Waals surface area contributed by atoms with Crippen molar-refractivity contribution in [1.29, 1.82) is 0 Å². The first-order valence-electron chi connectivity index (χ1n) is 10.3. The standard InChI is InChI=1S/C11H15N3O4.C11H14N2O5/c1-17-7-9(11(16)18-2)14(12)10(15)8-5-3-4-6-13-8;1-17-7-9(11(15)18-2)13(16)10(14)8-5-3-4-6-12-8/h3-6,9H,7,12H2,1-2H3;3-6,9,16H,7H2,1-2H3. The highest BCUT2D eigenvalue weighted by molar-refractivity contribution is 5.95. The topological polar surface area (TPSA) is 184 Å². The predicted molar refractivity (Wildman–Crippen MR) is 122 cm³/mol. The molecule has 0 bridgehead atoms. The summed E-state index contributed by atoms with van der Waals surface area (Å²) in [5.41, 5.74) is 0.162. The monoisotopic (exact) mass is 507 g/mol. The van der Waals surface area contributed by atoms with Crippen LogP contribution < -0.4 is 5.84 Å². The number of methoxy groups -OCH3 is 4. The minimum atomic E-state index is -1.23. The molecule has 2 unspecified atom stereocenters. The number of ether oxygens (including phenoxy) is 4. The summed E-state index contributed by atoms with van der Waals surface area (Å²) in [6.45, 7) is -0.233. The van der Waals surface area contributed by atoms with E-state index in [1.165, 1.54) is 45.9 Å². The Morgan fingerprint density at radius 1 is 0.806 bits per heavy atom. The average Bonchev–Trinajstić information content (AvgIpc) is 2.93. The van der Waals surface area contributed by atoms with Gasteiger partial charge in [0.1, 0.15) is 11.4 Å². The molecule has 14 heteroatoms. The molecule has 2 aromatic heterocycles. The van der Waals surface area contributed by atoms with Crippen molar-refractivity contribution in [3.8, 4) is 0 Å². The second-order valence-electron chi connectivity index (χ2n) is 6.78. The number of hydroxylamine groups is 2. The fourth-order valence-corrected chi connectivity index (χ4v) is 2.60. The van der Waals surface area contributed by atoms with Crippen LogP contribution in [-0.4, -0.2) is 103 Å². The summed E-state index contributed by atoms with van der Waals surface area (Å²) in [5, 5.41) is 10.7. The molecule has 0 saturated carbocycles. The third-order valence-corrected chi connectivity index (χ3v) is 4.44. The van der Waals surface area contributed by atoms with Crippen molar-refractivity contribution in [2.75, 3.05) is 41.7 Å².